The molecule has 1 aromatic carbocycles. The molecule has 0 aromatic heterocycles. The lowest BCUT2D eigenvalue weighted by Crippen LogP contribution is -2.28. The first-order chi connectivity index (χ1) is 8.49. The second-order valence-electron chi connectivity index (χ2n) is 4.11. The molecule has 0 aliphatic carbocycles. The molecular weight excluding hydrogens is 232 g/mol. The van der Waals surface area contributed by atoms with Gasteiger partial charge in [0.25, 0.3) is 0 Å². The Hall–Kier alpha value is -2.22. The predicted octanol–water partition coefficient (Wildman–Crippen LogP) is 1.72. The number of anilines is 1. The number of carboxylic acids is 1. The van der Waals surface area contributed by atoms with Crippen molar-refractivity contribution in [3.05, 3.63) is 23.8 Å². The highest BCUT2D eigenvalue weighted by Crippen LogP contribution is 2.25. The lowest BCUT2D eigenvalue weighted by molar-refractivity contribution is -0.140. The molecule has 18 heavy (non-hydrogen) atoms. The monoisotopic (exact) mass is 248 g/mol. The maximum Gasteiger partial charge on any atom is 0.308 e. The minimum atomic E-state index is -0.858. The summed E-state index contributed by atoms with van der Waals surface area (Å²) < 4.78 is 5.10. The maximum absolute atomic E-state index is 10.8. The maximum atomic E-state index is 10.8. The molecule has 96 valence electrons. The second-order valence-corrected chi connectivity index (χ2v) is 4.11. The van der Waals surface area contributed by atoms with Gasteiger partial charge in [-0.15, -0.1) is 0 Å². The summed E-state index contributed by atoms with van der Waals surface area (Å²) in [7, 11) is 3.31. The zero-order valence-electron chi connectivity index (χ0n) is 10.7. The zero-order chi connectivity index (χ0) is 13.7. The van der Waals surface area contributed by atoms with Crippen LogP contribution in [0.3, 0.4) is 0 Å². The van der Waals surface area contributed by atoms with E-state index in [1.807, 2.05) is 0 Å². The van der Waals surface area contributed by atoms with Crippen molar-refractivity contribution in [2.75, 3.05) is 25.6 Å². The minimum absolute atomic E-state index is 0.331. The van der Waals surface area contributed by atoms with Crippen LogP contribution in [-0.4, -0.2) is 31.8 Å². The molecular formula is C13H16N2O3. The van der Waals surface area contributed by atoms with E-state index < -0.39 is 11.9 Å². The molecule has 0 amide bonds. The molecule has 5 heteroatoms. The summed E-state index contributed by atoms with van der Waals surface area (Å²) in [6.45, 7) is 1.96. The average Bonchev–Trinajstić information content (AvgIpc) is 2.37. The van der Waals surface area contributed by atoms with E-state index >= 15 is 0 Å². The Labute approximate surface area is 106 Å². The van der Waals surface area contributed by atoms with Crippen LogP contribution in [-0.2, 0) is 4.79 Å². The number of hydrogen-bond acceptors (Lipinski definition) is 4. The molecule has 1 rings (SSSR count). The summed E-state index contributed by atoms with van der Waals surface area (Å²) in [5.41, 5.74) is 1.17. The molecule has 0 bridgehead atoms. The van der Waals surface area contributed by atoms with Crippen LogP contribution in [0, 0.1) is 17.2 Å². The number of benzene rings is 1. The number of aliphatic carboxylic acids is 1. The first-order valence-electron chi connectivity index (χ1n) is 5.51. The number of nitrogens with zero attached hydrogens (tertiary/aromatic N) is 2. The van der Waals surface area contributed by atoms with Crippen molar-refractivity contribution in [1.29, 1.82) is 5.26 Å². The summed E-state index contributed by atoms with van der Waals surface area (Å²) in [5, 5.41) is 17.9. The van der Waals surface area contributed by atoms with Gasteiger partial charge in [0, 0.05) is 19.7 Å². The van der Waals surface area contributed by atoms with E-state index in [2.05, 4.69) is 6.07 Å². The lowest BCUT2D eigenvalue weighted by Gasteiger charge is -2.23. The molecule has 0 aliphatic rings. The zero-order valence-corrected chi connectivity index (χ0v) is 10.7. The fraction of sp³-hybridized carbons (Fsp3) is 0.385. The quantitative estimate of drug-likeness (QED) is 0.858. The van der Waals surface area contributed by atoms with Crippen molar-refractivity contribution in [3.8, 4) is 11.8 Å². The molecule has 0 radical (unpaired) electrons. The van der Waals surface area contributed by atoms with Gasteiger partial charge in [0.15, 0.2) is 0 Å². The highest BCUT2D eigenvalue weighted by molar-refractivity contribution is 5.71. The van der Waals surface area contributed by atoms with Gasteiger partial charge in [-0.25, -0.2) is 0 Å². The second kappa shape index (κ2) is 5.92. The number of carbonyl (C=O) groups is 1. The SMILES string of the molecule is COc1ccc(C#N)c(N(C)CC(C)C(=O)O)c1. The van der Waals surface area contributed by atoms with Gasteiger partial charge in [0.05, 0.1) is 24.3 Å². The highest BCUT2D eigenvalue weighted by Gasteiger charge is 2.16. The van der Waals surface area contributed by atoms with Gasteiger partial charge in [0.1, 0.15) is 11.8 Å². The van der Waals surface area contributed by atoms with Gasteiger partial charge in [0.2, 0.25) is 0 Å². The van der Waals surface area contributed by atoms with E-state index in [4.69, 9.17) is 15.1 Å². The topological polar surface area (TPSA) is 73.6 Å². The van der Waals surface area contributed by atoms with E-state index in [-0.39, 0.29) is 0 Å². The Balaban J connectivity index is 3.00. The van der Waals surface area contributed by atoms with Crippen LogP contribution in [0.15, 0.2) is 18.2 Å². The Morgan fingerprint density at radius 1 is 1.61 bits per heavy atom. The van der Waals surface area contributed by atoms with Crippen LogP contribution >= 0.6 is 0 Å². The molecule has 5 nitrogen and oxygen atoms in total. The van der Waals surface area contributed by atoms with E-state index in [1.54, 1.807) is 44.2 Å². The van der Waals surface area contributed by atoms with Gasteiger partial charge >= 0.3 is 5.97 Å². The summed E-state index contributed by atoms with van der Waals surface area (Å²) >= 11 is 0. The van der Waals surface area contributed by atoms with E-state index in [0.29, 0.717) is 23.5 Å². The normalized spacial score (nSPS) is 11.4. The van der Waals surface area contributed by atoms with Gasteiger partial charge in [-0.2, -0.15) is 5.26 Å². The number of ether oxygens (including phenoxy) is 1. The Bertz CT molecular complexity index is 480. The first-order valence-corrected chi connectivity index (χ1v) is 5.51. The smallest absolute Gasteiger partial charge is 0.308 e. The molecule has 1 atom stereocenters. The molecule has 0 aliphatic heterocycles. The van der Waals surface area contributed by atoms with Crippen molar-refractivity contribution in [3.63, 3.8) is 0 Å². The van der Waals surface area contributed by atoms with Crippen molar-refractivity contribution in [2.24, 2.45) is 5.92 Å². The van der Waals surface area contributed by atoms with Crippen LogP contribution in [0.4, 0.5) is 5.69 Å². The van der Waals surface area contributed by atoms with Crippen molar-refractivity contribution in [2.45, 2.75) is 6.92 Å². The predicted molar refractivity (Wildman–Crippen MR) is 67.8 cm³/mol. The Morgan fingerprint density at radius 3 is 2.78 bits per heavy atom. The van der Waals surface area contributed by atoms with Gasteiger partial charge in [-0.05, 0) is 12.1 Å². The number of hydrogen-bond donors (Lipinski definition) is 1. The molecule has 0 fully saturated rings. The fourth-order valence-corrected chi connectivity index (χ4v) is 1.64. The average molecular weight is 248 g/mol. The van der Waals surface area contributed by atoms with E-state index in [9.17, 15) is 4.79 Å². The third-order valence-electron chi connectivity index (χ3n) is 2.71. The third-order valence-corrected chi connectivity index (χ3v) is 2.71. The molecule has 1 aromatic rings. The fourth-order valence-electron chi connectivity index (χ4n) is 1.64. The van der Waals surface area contributed by atoms with E-state index in [1.165, 1.54) is 0 Å². The Kier molecular flexibility index (Phi) is 4.55. The first kappa shape index (κ1) is 13.8. The van der Waals surface area contributed by atoms with Crippen LogP contribution in [0.2, 0.25) is 0 Å². The van der Waals surface area contributed by atoms with Gasteiger partial charge < -0.3 is 14.7 Å². The van der Waals surface area contributed by atoms with Crippen LogP contribution in [0.5, 0.6) is 5.75 Å². The van der Waals surface area contributed by atoms with Crippen molar-refractivity contribution in [1.82, 2.24) is 0 Å². The highest BCUT2D eigenvalue weighted by atomic mass is 16.5. The largest absolute Gasteiger partial charge is 0.497 e. The number of nitriles is 1. The number of rotatable bonds is 5. The van der Waals surface area contributed by atoms with E-state index in [0.717, 1.165) is 0 Å². The molecule has 0 saturated carbocycles. The molecule has 0 saturated heterocycles. The summed E-state index contributed by atoms with van der Waals surface area (Å²) in [6.07, 6.45) is 0. The van der Waals surface area contributed by atoms with Crippen LogP contribution in [0.25, 0.3) is 0 Å². The minimum Gasteiger partial charge on any atom is -0.497 e. The molecule has 0 heterocycles. The lowest BCUT2D eigenvalue weighted by atomic mass is 10.1. The summed E-state index contributed by atoms with van der Waals surface area (Å²) in [5.74, 6) is -0.727. The van der Waals surface area contributed by atoms with Crippen molar-refractivity contribution >= 4 is 11.7 Å². The van der Waals surface area contributed by atoms with Gasteiger partial charge in [-0.3, -0.25) is 4.79 Å². The molecule has 1 unspecified atom stereocenters. The van der Waals surface area contributed by atoms with Crippen molar-refractivity contribution < 1.29 is 14.6 Å². The number of methoxy groups -OCH3 is 1. The third kappa shape index (κ3) is 3.14. The van der Waals surface area contributed by atoms with Crippen LogP contribution < -0.4 is 9.64 Å². The van der Waals surface area contributed by atoms with Gasteiger partial charge in [-0.1, -0.05) is 6.92 Å². The number of carboxylic acid groups (broad SMARTS) is 1. The standard InChI is InChI=1S/C13H16N2O3/c1-9(13(16)17)8-15(2)12-6-11(18-3)5-4-10(12)7-14/h4-6,9H,8H2,1-3H3,(H,16,17). The van der Waals surface area contributed by atoms with Crippen LogP contribution in [0.1, 0.15) is 12.5 Å². The molecule has 1 N–H and O–H groups in total. The summed E-state index contributed by atoms with van der Waals surface area (Å²) in [4.78, 5) is 12.6. The summed E-state index contributed by atoms with van der Waals surface area (Å²) in [6, 6.07) is 7.18. The molecule has 0 spiro atoms. The Morgan fingerprint density at radius 2 is 2.28 bits per heavy atom.